The monoisotopic (exact) mass is 555 g/mol. The third-order valence-electron chi connectivity index (χ3n) is 7.14. The quantitative estimate of drug-likeness (QED) is 0.352. The normalized spacial score (nSPS) is 20.1. The number of aromatic nitrogens is 1. The van der Waals surface area contributed by atoms with Gasteiger partial charge in [-0.05, 0) is 43.7 Å². The summed E-state index contributed by atoms with van der Waals surface area (Å²) in [5.74, 6) is -2.05. The number of carbonyl (C=O) groups is 3. The summed E-state index contributed by atoms with van der Waals surface area (Å²) in [6.07, 6.45) is 0. The fourth-order valence-corrected chi connectivity index (χ4v) is 7.98. The van der Waals surface area contributed by atoms with Gasteiger partial charge < -0.3 is 5.32 Å². The number of nitrogens with one attached hydrogen (secondary N) is 1. The minimum atomic E-state index is -0.711. The number of fused-ring (bicyclic) bond motifs is 2. The Hall–Kier alpha value is -3.95. The molecule has 0 saturated carbocycles. The lowest BCUT2D eigenvalue weighted by Gasteiger charge is -2.30. The van der Waals surface area contributed by atoms with Gasteiger partial charge in [0.25, 0.3) is 0 Å². The first-order valence-electron chi connectivity index (χ1n) is 12.6. The molecular weight excluding hydrogens is 530 g/mol. The average molecular weight is 556 g/mol. The van der Waals surface area contributed by atoms with Crippen LogP contribution in [0.2, 0.25) is 0 Å². The van der Waals surface area contributed by atoms with Gasteiger partial charge in [0.2, 0.25) is 17.7 Å². The van der Waals surface area contributed by atoms with E-state index in [0.29, 0.717) is 21.3 Å². The topological polar surface area (TPSA) is 88.5 Å². The van der Waals surface area contributed by atoms with Gasteiger partial charge in [-0.15, -0.1) is 0 Å². The molecule has 0 spiro atoms. The molecule has 0 radical (unpaired) electrons. The number of thiazole rings is 1. The van der Waals surface area contributed by atoms with Crippen molar-refractivity contribution in [3.8, 4) is 0 Å². The van der Waals surface area contributed by atoms with Crippen LogP contribution in [-0.2, 0) is 20.9 Å². The van der Waals surface area contributed by atoms with Gasteiger partial charge in [-0.3, -0.25) is 23.7 Å². The Bertz CT molecular complexity index is 1640. The molecule has 3 heterocycles. The van der Waals surface area contributed by atoms with Gasteiger partial charge in [0.05, 0.1) is 16.6 Å². The van der Waals surface area contributed by atoms with Crippen LogP contribution in [0.4, 0.5) is 11.4 Å². The molecule has 1 saturated heterocycles. The fourth-order valence-electron chi connectivity index (χ4n) is 5.20. The second kappa shape index (κ2) is 9.98. The van der Waals surface area contributed by atoms with E-state index >= 15 is 0 Å². The van der Waals surface area contributed by atoms with Crippen molar-refractivity contribution in [2.75, 3.05) is 10.2 Å². The van der Waals surface area contributed by atoms with E-state index in [9.17, 15) is 19.2 Å². The lowest BCUT2D eigenvalue weighted by molar-refractivity contribution is -0.122. The van der Waals surface area contributed by atoms with Crippen molar-refractivity contribution in [3.63, 3.8) is 0 Å². The van der Waals surface area contributed by atoms with Crippen LogP contribution in [0.15, 0.2) is 88.7 Å². The van der Waals surface area contributed by atoms with Crippen molar-refractivity contribution in [1.82, 2.24) is 4.57 Å². The van der Waals surface area contributed by atoms with Crippen molar-refractivity contribution in [2.45, 2.75) is 36.6 Å². The molecule has 2 aliphatic heterocycles. The van der Waals surface area contributed by atoms with E-state index in [4.69, 9.17) is 0 Å². The first-order chi connectivity index (χ1) is 18.8. The lowest BCUT2D eigenvalue weighted by Crippen LogP contribution is -2.33. The predicted molar refractivity (Wildman–Crippen MR) is 153 cm³/mol. The summed E-state index contributed by atoms with van der Waals surface area (Å²) in [6, 6.07) is 24.3. The molecule has 6 rings (SSSR count). The maximum atomic E-state index is 13.9. The van der Waals surface area contributed by atoms with Gasteiger partial charge in [-0.25, -0.2) is 4.90 Å². The Labute approximate surface area is 233 Å². The van der Waals surface area contributed by atoms with Crippen molar-refractivity contribution in [1.29, 1.82) is 0 Å². The molecule has 2 aliphatic rings. The molecule has 0 bridgehead atoms. The number of thioether (sulfide) groups is 1. The van der Waals surface area contributed by atoms with E-state index in [1.807, 2.05) is 80.6 Å². The Morgan fingerprint density at radius 3 is 2.15 bits per heavy atom. The number of aryl methyl sites for hydroxylation is 2. The van der Waals surface area contributed by atoms with Crippen molar-refractivity contribution in [3.05, 3.63) is 110 Å². The van der Waals surface area contributed by atoms with E-state index in [1.54, 1.807) is 12.1 Å². The zero-order valence-electron chi connectivity index (χ0n) is 21.3. The van der Waals surface area contributed by atoms with Crippen molar-refractivity contribution >= 4 is 52.2 Å². The molecule has 3 unspecified atom stereocenters. The van der Waals surface area contributed by atoms with E-state index in [0.717, 1.165) is 28.0 Å². The van der Waals surface area contributed by atoms with Crippen LogP contribution in [0.5, 0.6) is 0 Å². The molecule has 7 nitrogen and oxygen atoms in total. The molecule has 0 aliphatic carbocycles. The average Bonchev–Trinajstić information content (AvgIpc) is 3.37. The summed E-state index contributed by atoms with van der Waals surface area (Å²) in [5, 5.41) is 2.71. The Morgan fingerprint density at radius 2 is 1.49 bits per heavy atom. The molecule has 9 heteroatoms. The molecule has 3 amide bonds. The van der Waals surface area contributed by atoms with Crippen LogP contribution in [0.3, 0.4) is 0 Å². The smallest absolute Gasteiger partial charge is 0.308 e. The molecule has 1 fully saturated rings. The maximum absolute atomic E-state index is 13.9. The number of nitrogens with zero attached hydrogens (tertiary/aromatic N) is 2. The highest BCUT2D eigenvalue weighted by molar-refractivity contribution is 8.00. The van der Waals surface area contributed by atoms with Crippen LogP contribution in [0.25, 0.3) is 0 Å². The van der Waals surface area contributed by atoms with Gasteiger partial charge >= 0.3 is 4.87 Å². The van der Waals surface area contributed by atoms with Gasteiger partial charge in [-0.2, -0.15) is 0 Å². The highest BCUT2D eigenvalue weighted by Gasteiger charge is 2.56. The molecular formula is C30H25N3O4S2. The van der Waals surface area contributed by atoms with E-state index in [-0.39, 0.29) is 29.1 Å². The van der Waals surface area contributed by atoms with Crippen LogP contribution in [0, 0.1) is 19.8 Å². The Balaban J connectivity index is 1.39. The van der Waals surface area contributed by atoms with E-state index in [1.165, 1.54) is 21.2 Å². The number of imide groups is 1. The number of hydrogen-bond donors (Lipinski definition) is 1. The molecule has 1 N–H and O–H groups in total. The minimum absolute atomic E-state index is 0.186. The number of hydrogen-bond acceptors (Lipinski definition) is 6. The van der Waals surface area contributed by atoms with Gasteiger partial charge in [0.1, 0.15) is 11.8 Å². The number of rotatable bonds is 5. The van der Waals surface area contributed by atoms with Gasteiger partial charge in [0.15, 0.2) is 0 Å². The SMILES string of the molecule is Cc1ccc(NC(=O)Cn2c3c(sc2=O)C(c2ccccc2)C2C(=O)N(c4ccc(C)cc4)C(=O)C2S3)cc1. The highest BCUT2D eigenvalue weighted by atomic mass is 32.2. The highest BCUT2D eigenvalue weighted by Crippen LogP contribution is 2.53. The third-order valence-corrected chi connectivity index (χ3v) is 9.74. The fraction of sp³-hybridized carbons (Fsp3) is 0.200. The van der Waals surface area contributed by atoms with Crippen LogP contribution in [0.1, 0.15) is 27.5 Å². The number of benzene rings is 3. The Morgan fingerprint density at radius 1 is 0.846 bits per heavy atom. The van der Waals surface area contributed by atoms with Crippen molar-refractivity contribution in [2.24, 2.45) is 5.92 Å². The molecule has 39 heavy (non-hydrogen) atoms. The molecule has 3 aromatic carbocycles. The summed E-state index contributed by atoms with van der Waals surface area (Å²) < 4.78 is 1.44. The first kappa shape index (κ1) is 25.3. The Kier molecular flexibility index (Phi) is 6.48. The van der Waals surface area contributed by atoms with E-state index < -0.39 is 17.1 Å². The number of carbonyl (C=O) groups excluding carboxylic acids is 3. The van der Waals surface area contributed by atoms with Gasteiger partial charge in [-0.1, -0.05) is 88.8 Å². The van der Waals surface area contributed by atoms with Crippen LogP contribution >= 0.6 is 23.1 Å². The standard InChI is InChI=1S/C30H25N3O4S2/c1-17-8-12-20(13-9-17)31-22(34)16-32-29-26(39-30(32)37)23(19-6-4-3-5-7-19)24-25(38-29)28(36)33(27(24)35)21-14-10-18(2)11-15-21/h3-15,23-25H,16H2,1-2H3,(H,31,34). The molecule has 1 aromatic heterocycles. The summed E-state index contributed by atoms with van der Waals surface area (Å²) in [7, 11) is 0. The molecule has 3 atom stereocenters. The second-order valence-corrected chi connectivity index (χ2v) is 12.0. The second-order valence-electron chi connectivity index (χ2n) is 9.84. The minimum Gasteiger partial charge on any atom is -0.325 e. The summed E-state index contributed by atoms with van der Waals surface area (Å²) in [4.78, 5) is 55.5. The molecule has 4 aromatic rings. The zero-order chi connectivity index (χ0) is 27.3. The largest absolute Gasteiger partial charge is 0.325 e. The number of amides is 3. The van der Waals surface area contributed by atoms with E-state index in [2.05, 4.69) is 5.32 Å². The summed E-state index contributed by atoms with van der Waals surface area (Å²) in [5.41, 5.74) is 4.14. The van der Waals surface area contributed by atoms with Crippen LogP contribution < -0.4 is 15.1 Å². The third kappa shape index (κ3) is 4.51. The van der Waals surface area contributed by atoms with Crippen molar-refractivity contribution < 1.29 is 14.4 Å². The van der Waals surface area contributed by atoms with Gasteiger partial charge in [0, 0.05) is 16.5 Å². The summed E-state index contributed by atoms with van der Waals surface area (Å²) >= 11 is 2.26. The molecule has 196 valence electrons. The first-order valence-corrected chi connectivity index (χ1v) is 14.3. The maximum Gasteiger partial charge on any atom is 0.308 e. The zero-order valence-corrected chi connectivity index (χ0v) is 22.9. The number of anilines is 2. The lowest BCUT2D eigenvalue weighted by atomic mass is 9.83. The van der Waals surface area contributed by atoms with Crippen LogP contribution in [-0.4, -0.2) is 27.5 Å². The summed E-state index contributed by atoms with van der Waals surface area (Å²) in [6.45, 7) is 3.73. The predicted octanol–water partition coefficient (Wildman–Crippen LogP) is 4.96.